The van der Waals surface area contributed by atoms with E-state index in [-0.39, 0.29) is 11.7 Å². The van der Waals surface area contributed by atoms with Crippen LogP contribution in [0.4, 0.5) is 0 Å². The average molecular weight is 176 g/mol. The first-order chi connectivity index (χ1) is 6.15. The lowest BCUT2D eigenvalue weighted by molar-refractivity contribution is 0.0939. The normalized spacial score (nSPS) is 10.1. The number of rotatable bonds is 3. The van der Waals surface area contributed by atoms with Gasteiger partial charge in [0.1, 0.15) is 6.29 Å². The Bertz CT molecular complexity index is 327. The molecule has 0 radical (unpaired) electrons. The van der Waals surface area contributed by atoms with Gasteiger partial charge < -0.3 is 0 Å². The predicted octanol–water partition coefficient (Wildman–Crippen LogP) is 2.34. The van der Waals surface area contributed by atoms with E-state index in [9.17, 15) is 9.59 Å². The molecular weight excluding hydrogens is 164 g/mol. The van der Waals surface area contributed by atoms with Crippen molar-refractivity contribution in [2.75, 3.05) is 0 Å². The lowest BCUT2D eigenvalue weighted by Crippen LogP contribution is -2.07. The Hall–Kier alpha value is -1.44. The van der Waals surface area contributed by atoms with Crippen molar-refractivity contribution in [3.63, 3.8) is 0 Å². The molecule has 0 fully saturated rings. The summed E-state index contributed by atoms with van der Waals surface area (Å²) in [5.41, 5.74) is 1.16. The summed E-state index contributed by atoms with van der Waals surface area (Å²) in [6, 6.07) is 6.76. The molecular formula is C11H12O2. The van der Waals surface area contributed by atoms with Crippen molar-refractivity contribution in [1.29, 1.82) is 0 Å². The van der Waals surface area contributed by atoms with E-state index >= 15 is 0 Å². The zero-order valence-electron chi connectivity index (χ0n) is 7.78. The van der Waals surface area contributed by atoms with E-state index < -0.39 is 0 Å². The van der Waals surface area contributed by atoms with Crippen LogP contribution < -0.4 is 0 Å². The zero-order chi connectivity index (χ0) is 9.84. The van der Waals surface area contributed by atoms with E-state index in [1.807, 2.05) is 13.8 Å². The van der Waals surface area contributed by atoms with Crippen LogP contribution in [0.25, 0.3) is 0 Å². The molecule has 0 N–H and O–H groups in total. The number of hydrogen-bond donors (Lipinski definition) is 0. The molecule has 0 atom stereocenters. The highest BCUT2D eigenvalue weighted by Crippen LogP contribution is 2.09. The lowest BCUT2D eigenvalue weighted by Gasteiger charge is -2.03. The van der Waals surface area contributed by atoms with Crippen LogP contribution in [0.15, 0.2) is 24.3 Å². The van der Waals surface area contributed by atoms with E-state index in [1.165, 1.54) is 0 Å². The molecule has 0 spiro atoms. The molecule has 0 aromatic heterocycles. The number of ketones is 1. The molecule has 1 aromatic rings. The second-order valence-electron chi connectivity index (χ2n) is 3.26. The van der Waals surface area contributed by atoms with Gasteiger partial charge in [0.25, 0.3) is 0 Å². The van der Waals surface area contributed by atoms with Gasteiger partial charge in [-0.25, -0.2) is 0 Å². The van der Waals surface area contributed by atoms with Gasteiger partial charge in [-0.05, 0) is 6.07 Å². The number of carbonyl (C=O) groups excluding carboxylic acids is 2. The Balaban J connectivity index is 3.01. The first-order valence-electron chi connectivity index (χ1n) is 4.24. The fourth-order valence-corrected chi connectivity index (χ4v) is 1.10. The summed E-state index contributed by atoms with van der Waals surface area (Å²) in [5.74, 6) is 0.0469. The number of carbonyl (C=O) groups is 2. The molecule has 1 rings (SSSR count). The van der Waals surface area contributed by atoms with Crippen LogP contribution in [0.2, 0.25) is 0 Å². The summed E-state index contributed by atoms with van der Waals surface area (Å²) in [7, 11) is 0. The second-order valence-corrected chi connectivity index (χ2v) is 3.26. The maximum atomic E-state index is 11.5. The molecule has 0 aliphatic carbocycles. The van der Waals surface area contributed by atoms with Gasteiger partial charge in [0, 0.05) is 17.0 Å². The first-order valence-corrected chi connectivity index (χ1v) is 4.24. The number of benzene rings is 1. The van der Waals surface area contributed by atoms with Crippen LogP contribution in [-0.4, -0.2) is 12.1 Å². The fourth-order valence-electron chi connectivity index (χ4n) is 1.10. The van der Waals surface area contributed by atoms with Crippen molar-refractivity contribution in [2.45, 2.75) is 13.8 Å². The maximum absolute atomic E-state index is 11.5. The molecule has 1 aromatic carbocycles. The predicted molar refractivity (Wildman–Crippen MR) is 51.0 cm³/mol. The Labute approximate surface area is 77.6 Å². The van der Waals surface area contributed by atoms with Crippen molar-refractivity contribution < 1.29 is 9.59 Å². The summed E-state index contributed by atoms with van der Waals surface area (Å²) in [6.45, 7) is 3.69. The van der Waals surface area contributed by atoms with Crippen molar-refractivity contribution in [3.05, 3.63) is 35.4 Å². The Morgan fingerprint density at radius 3 is 2.62 bits per heavy atom. The van der Waals surface area contributed by atoms with Crippen molar-refractivity contribution in [3.8, 4) is 0 Å². The average Bonchev–Trinajstić information content (AvgIpc) is 2.16. The Morgan fingerprint density at radius 2 is 2.08 bits per heavy atom. The van der Waals surface area contributed by atoms with Gasteiger partial charge in [-0.1, -0.05) is 32.0 Å². The molecule has 0 amide bonds. The second kappa shape index (κ2) is 3.99. The van der Waals surface area contributed by atoms with Gasteiger partial charge in [-0.15, -0.1) is 0 Å². The standard InChI is InChI=1S/C11H12O2/c1-8(2)11(13)10-5-3-4-9(6-10)7-12/h3-8H,1-2H3. The molecule has 0 heterocycles. The zero-order valence-corrected chi connectivity index (χ0v) is 7.78. The Kier molecular flexibility index (Phi) is 2.96. The smallest absolute Gasteiger partial charge is 0.165 e. The summed E-state index contributed by atoms with van der Waals surface area (Å²) >= 11 is 0. The SMILES string of the molecule is CC(C)C(=O)c1cccc(C=O)c1. The van der Waals surface area contributed by atoms with Gasteiger partial charge in [-0.2, -0.15) is 0 Å². The third-order valence-corrected chi connectivity index (χ3v) is 1.83. The van der Waals surface area contributed by atoms with E-state index in [1.54, 1.807) is 24.3 Å². The monoisotopic (exact) mass is 176 g/mol. The number of Topliss-reactive ketones (excluding diaryl/α,β-unsaturated/α-hetero) is 1. The Morgan fingerprint density at radius 1 is 1.38 bits per heavy atom. The van der Waals surface area contributed by atoms with Gasteiger partial charge in [0.15, 0.2) is 5.78 Å². The molecule has 13 heavy (non-hydrogen) atoms. The van der Waals surface area contributed by atoms with Gasteiger partial charge in [0.05, 0.1) is 0 Å². The molecule has 2 nitrogen and oxygen atoms in total. The van der Waals surface area contributed by atoms with E-state index in [2.05, 4.69) is 0 Å². The number of hydrogen-bond acceptors (Lipinski definition) is 2. The first kappa shape index (κ1) is 9.65. The molecule has 0 saturated carbocycles. The molecule has 68 valence electrons. The summed E-state index contributed by atoms with van der Waals surface area (Å²) in [4.78, 5) is 21.9. The largest absolute Gasteiger partial charge is 0.298 e. The van der Waals surface area contributed by atoms with Crippen LogP contribution in [-0.2, 0) is 0 Å². The molecule has 0 bridgehead atoms. The molecule has 0 saturated heterocycles. The topological polar surface area (TPSA) is 34.1 Å². The van der Waals surface area contributed by atoms with E-state index in [0.29, 0.717) is 11.1 Å². The molecule has 0 unspecified atom stereocenters. The van der Waals surface area contributed by atoms with Crippen LogP contribution in [0.1, 0.15) is 34.6 Å². The van der Waals surface area contributed by atoms with Crippen molar-refractivity contribution in [2.24, 2.45) is 5.92 Å². The highest BCUT2D eigenvalue weighted by molar-refractivity contribution is 5.98. The highest BCUT2D eigenvalue weighted by atomic mass is 16.1. The quantitative estimate of drug-likeness (QED) is 0.523. The van der Waals surface area contributed by atoms with E-state index in [4.69, 9.17) is 0 Å². The maximum Gasteiger partial charge on any atom is 0.165 e. The number of aldehydes is 1. The van der Waals surface area contributed by atoms with Crippen LogP contribution in [0.3, 0.4) is 0 Å². The van der Waals surface area contributed by atoms with Crippen molar-refractivity contribution in [1.82, 2.24) is 0 Å². The lowest BCUT2D eigenvalue weighted by atomic mass is 10.00. The fraction of sp³-hybridized carbons (Fsp3) is 0.273. The summed E-state index contributed by atoms with van der Waals surface area (Å²) < 4.78 is 0. The van der Waals surface area contributed by atoms with Gasteiger partial charge >= 0.3 is 0 Å². The third kappa shape index (κ3) is 2.25. The highest BCUT2D eigenvalue weighted by Gasteiger charge is 2.09. The van der Waals surface area contributed by atoms with Crippen molar-refractivity contribution >= 4 is 12.1 Å². The van der Waals surface area contributed by atoms with Gasteiger partial charge in [-0.3, -0.25) is 9.59 Å². The minimum Gasteiger partial charge on any atom is -0.298 e. The molecule has 0 aliphatic rings. The minimum atomic E-state index is -0.0260. The summed E-state index contributed by atoms with van der Waals surface area (Å²) in [5, 5.41) is 0. The molecule has 2 heteroatoms. The molecule has 0 aliphatic heterocycles. The van der Waals surface area contributed by atoms with E-state index in [0.717, 1.165) is 6.29 Å². The summed E-state index contributed by atoms with van der Waals surface area (Å²) in [6.07, 6.45) is 0.747. The van der Waals surface area contributed by atoms with Gasteiger partial charge in [0.2, 0.25) is 0 Å². The van der Waals surface area contributed by atoms with Crippen LogP contribution >= 0.6 is 0 Å². The third-order valence-electron chi connectivity index (χ3n) is 1.83. The minimum absolute atomic E-state index is 0.0260. The van der Waals surface area contributed by atoms with Crippen LogP contribution in [0, 0.1) is 5.92 Å². The van der Waals surface area contributed by atoms with Crippen LogP contribution in [0.5, 0.6) is 0 Å².